The van der Waals surface area contributed by atoms with Gasteiger partial charge in [-0.1, -0.05) is 26.0 Å². The molecule has 0 radical (unpaired) electrons. The van der Waals surface area contributed by atoms with Gasteiger partial charge in [0.15, 0.2) is 6.61 Å². The van der Waals surface area contributed by atoms with Gasteiger partial charge >= 0.3 is 6.18 Å². The van der Waals surface area contributed by atoms with E-state index in [0.717, 1.165) is 12.1 Å². The van der Waals surface area contributed by atoms with Crippen molar-refractivity contribution in [2.24, 2.45) is 0 Å². The number of hydrogen-bond acceptors (Lipinski definition) is 3. The quantitative estimate of drug-likeness (QED) is 0.833. The number of alkyl halides is 3. The summed E-state index contributed by atoms with van der Waals surface area (Å²) in [7, 11) is 0. The predicted octanol–water partition coefficient (Wildman–Crippen LogP) is 3.74. The summed E-state index contributed by atoms with van der Waals surface area (Å²) < 4.78 is 43.4. The summed E-state index contributed by atoms with van der Waals surface area (Å²) in [5.74, 6) is -0.169. The van der Waals surface area contributed by atoms with Gasteiger partial charge in [-0.15, -0.1) is 0 Å². The molecule has 1 aliphatic heterocycles. The van der Waals surface area contributed by atoms with Crippen LogP contribution in [0.25, 0.3) is 0 Å². The summed E-state index contributed by atoms with van der Waals surface area (Å²) in [6.07, 6.45) is -4.39. The van der Waals surface area contributed by atoms with Crippen LogP contribution in [-0.4, -0.2) is 25.0 Å². The molecule has 1 heterocycles. The van der Waals surface area contributed by atoms with Crippen LogP contribution in [0.15, 0.2) is 42.5 Å². The molecule has 28 heavy (non-hydrogen) atoms. The van der Waals surface area contributed by atoms with Crippen molar-refractivity contribution >= 4 is 17.5 Å². The summed E-state index contributed by atoms with van der Waals surface area (Å²) >= 11 is 0. The molecule has 0 saturated carbocycles. The highest BCUT2D eigenvalue weighted by Gasteiger charge is 2.31. The van der Waals surface area contributed by atoms with Crippen molar-refractivity contribution < 1.29 is 27.5 Å². The van der Waals surface area contributed by atoms with E-state index in [1.54, 1.807) is 12.1 Å². The molecule has 2 aromatic rings. The number of nitrogens with one attached hydrogen (secondary N) is 2. The number of anilines is 1. The first kappa shape index (κ1) is 19.7. The van der Waals surface area contributed by atoms with E-state index in [4.69, 9.17) is 4.74 Å². The molecule has 0 aliphatic carbocycles. The molecule has 0 atom stereocenters. The van der Waals surface area contributed by atoms with Crippen LogP contribution in [0.4, 0.5) is 18.9 Å². The minimum atomic E-state index is -4.39. The molecule has 0 saturated heterocycles. The molecular formula is C20H19F3N2O3. The highest BCUT2D eigenvalue weighted by atomic mass is 19.4. The third-order valence-corrected chi connectivity index (χ3v) is 4.56. The maximum absolute atomic E-state index is 12.7. The summed E-state index contributed by atoms with van der Waals surface area (Å²) in [5, 5.41) is 5.42. The molecule has 0 aromatic heterocycles. The molecule has 0 unspecified atom stereocenters. The fourth-order valence-electron chi connectivity index (χ4n) is 2.84. The molecular weight excluding hydrogens is 373 g/mol. The maximum Gasteiger partial charge on any atom is 0.416 e. The van der Waals surface area contributed by atoms with Crippen LogP contribution in [0, 0.1) is 0 Å². The lowest BCUT2D eigenvalue weighted by Gasteiger charge is -2.26. The standard InChI is InChI=1S/C20H19F3N2O3/c1-19(2,13-4-6-14(7-5-13)20(21,22)23)11-24-18(27)12-3-8-16-15(9-12)25-17(26)10-28-16/h3-9H,10-11H2,1-2H3,(H,24,27)(H,25,26). The molecule has 0 spiro atoms. The summed E-state index contributed by atoms with van der Waals surface area (Å²) in [5.41, 5.74) is 0.144. The Morgan fingerprint density at radius 3 is 2.39 bits per heavy atom. The number of fused-ring (bicyclic) bond motifs is 1. The highest BCUT2D eigenvalue weighted by Crippen LogP contribution is 2.32. The SMILES string of the molecule is CC(C)(CNC(=O)c1ccc2c(c1)NC(=O)CO2)c1ccc(C(F)(F)F)cc1. The van der Waals surface area contributed by atoms with Gasteiger partial charge in [-0.05, 0) is 35.9 Å². The Morgan fingerprint density at radius 1 is 1.11 bits per heavy atom. The van der Waals surface area contributed by atoms with Crippen LogP contribution in [0.5, 0.6) is 5.75 Å². The molecule has 1 aliphatic rings. The predicted molar refractivity (Wildman–Crippen MR) is 97.4 cm³/mol. The second kappa shape index (κ2) is 7.18. The van der Waals surface area contributed by atoms with E-state index >= 15 is 0 Å². The van der Waals surface area contributed by atoms with Gasteiger partial charge in [0.2, 0.25) is 0 Å². The van der Waals surface area contributed by atoms with E-state index in [0.29, 0.717) is 22.6 Å². The zero-order valence-corrected chi connectivity index (χ0v) is 15.3. The summed E-state index contributed by atoms with van der Waals surface area (Å²) in [6, 6.07) is 9.60. The molecule has 2 amide bonds. The van der Waals surface area contributed by atoms with Crippen LogP contribution < -0.4 is 15.4 Å². The number of benzene rings is 2. The van der Waals surface area contributed by atoms with Gasteiger partial charge in [0.25, 0.3) is 11.8 Å². The van der Waals surface area contributed by atoms with Gasteiger partial charge in [-0.25, -0.2) is 0 Å². The first-order chi connectivity index (χ1) is 13.1. The first-order valence-corrected chi connectivity index (χ1v) is 8.59. The number of halogens is 3. The smallest absolute Gasteiger partial charge is 0.416 e. The number of rotatable bonds is 4. The van der Waals surface area contributed by atoms with Crippen molar-refractivity contribution in [3.63, 3.8) is 0 Å². The van der Waals surface area contributed by atoms with Gasteiger partial charge in [-0.3, -0.25) is 9.59 Å². The largest absolute Gasteiger partial charge is 0.482 e. The summed E-state index contributed by atoms with van der Waals surface area (Å²) in [6.45, 7) is 3.81. The van der Waals surface area contributed by atoms with Gasteiger partial charge in [0, 0.05) is 17.5 Å². The average molecular weight is 392 g/mol. The third kappa shape index (κ3) is 4.27. The lowest BCUT2D eigenvalue weighted by molar-refractivity contribution is -0.137. The number of ether oxygens (including phenoxy) is 1. The van der Waals surface area contributed by atoms with E-state index in [1.807, 2.05) is 13.8 Å². The minimum Gasteiger partial charge on any atom is -0.482 e. The second-order valence-corrected chi connectivity index (χ2v) is 7.19. The molecule has 3 rings (SSSR count). The lowest BCUT2D eigenvalue weighted by Crippen LogP contribution is -2.36. The van der Waals surface area contributed by atoms with Crippen molar-refractivity contribution in [1.82, 2.24) is 5.32 Å². The normalized spacial score (nSPS) is 14.0. The fraction of sp³-hybridized carbons (Fsp3) is 0.300. The Labute approximate surface area is 159 Å². The zero-order valence-electron chi connectivity index (χ0n) is 15.3. The molecule has 2 aromatic carbocycles. The molecule has 8 heteroatoms. The van der Waals surface area contributed by atoms with Gasteiger partial charge < -0.3 is 15.4 Å². The average Bonchev–Trinajstić information content (AvgIpc) is 2.65. The van der Waals surface area contributed by atoms with E-state index in [1.165, 1.54) is 18.2 Å². The van der Waals surface area contributed by atoms with Gasteiger partial charge in [-0.2, -0.15) is 13.2 Å². The molecule has 148 valence electrons. The Morgan fingerprint density at radius 2 is 1.75 bits per heavy atom. The van der Waals surface area contributed by atoms with Gasteiger partial charge in [0.05, 0.1) is 11.3 Å². The number of amides is 2. The molecule has 5 nitrogen and oxygen atoms in total. The molecule has 0 bridgehead atoms. The van der Waals surface area contributed by atoms with Gasteiger partial charge in [0.1, 0.15) is 5.75 Å². The zero-order chi connectivity index (χ0) is 20.5. The topological polar surface area (TPSA) is 67.4 Å². The van der Waals surface area contributed by atoms with E-state index in [-0.39, 0.29) is 25.0 Å². The maximum atomic E-state index is 12.7. The van der Waals surface area contributed by atoms with Crippen molar-refractivity contribution in [3.8, 4) is 5.75 Å². The number of carbonyl (C=O) groups excluding carboxylic acids is 2. The van der Waals surface area contributed by atoms with Crippen molar-refractivity contribution in [2.75, 3.05) is 18.5 Å². The minimum absolute atomic E-state index is 0.0696. The van der Waals surface area contributed by atoms with Crippen LogP contribution in [-0.2, 0) is 16.4 Å². The number of hydrogen-bond donors (Lipinski definition) is 2. The third-order valence-electron chi connectivity index (χ3n) is 4.56. The molecule has 2 N–H and O–H groups in total. The Bertz CT molecular complexity index is 906. The van der Waals surface area contributed by atoms with Crippen molar-refractivity contribution in [2.45, 2.75) is 25.4 Å². The Balaban J connectivity index is 1.68. The van der Waals surface area contributed by atoms with E-state index in [9.17, 15) is 22.8 Å². The Hall–Kier alpha value is -3.03. The lowest BCUT2D eigenvalue weighted by atomic mass is 9.84. The monoisotopic (exact) mass is 392 g/mol. The van der Waals surface area contributed by atoms with Crippen LogP contribution >= 0.6 is 0 Å². The second-order valence-electron chi connectivity index (χ2n) is 7.19. The van der Waals surface area contributed by atoms with Crippen molar-refractivity contribution in [1.29, 1.82) is 0 Å². The number of carbonyl (C=O) groups is 2. The van der Waals surface area contributed by atoms with E-state index < -0.39 is 17.2 Å². The molecule has 0 fully saturated rings. The van der Waals surface area contributed by atoms with E-state index in [2.05, 4.69) is 10.6 Å². The van der Waals surface area contributed by atoms with Crippen molar-refractivity contribution in [3.05, 3.63) is 59.2 Å². The van der Waals surface area contributed by atoms with Crippen LogP contribution in [0.1, 0.15) is 35.3 Å². The first-order valence-electron chi connectivity index (χ1n) is 8.59. The van der Waals surface area contributed by atoms with Crippen LogP contribution in [0.2, 0.25) is 0 Å². The Kier molecular flexibility index (Phi) is 5.06. The fourth-order valence-corrected chi connectivity index (χ4v) is 2.84. The summed E-state index contributed by atoms with van der Waals surface area (Å²) in [4.78, 5) is 23.9. The highest BCUT2D eigenvalue weighted by molar-refractivity contribution is 5.99. The van der Waals surface area contributed by atoms with Crippen LogP contribution in [0.3, 0.4) is 0 Å².